The van der Waals surface area contributed by atoms with Gasteiger partial charge in [0, 0.05) is 25.3 Å². The number of hydrogen-bond donors (Lipinski definition) is 1. The summed E-state index contributed by atoms with van der Waals surface area (Å²) in [5.74, 6) is 1.11. The van der Waals surface area contributed by atoms with Crippen LogP contribution < -0.4 is 10.6 Å². The Balaban J connectivity index is 2.95. The van der Waals surface area contributed by atoms with Gasteiger partial charge in [-0.05, 0) is 43.9 Å². The summed E-state index contributed by atoms with van der Waals surface area (Å²) in [6, 6.07) is 2.21. The zero-order valence-corrected chi connectivity index (χ0v) is 11.5. The standard InChI is InChI=1S/C14H25N3/c1-5-7-17(8-6-2)14-11(3)9-13(10-16-14)12(4)15/h9-10,12H,5-8,15H2,1-4H3. The Morgan fingerprint density at radius 2 is 1.88 bits per heavy atom. The Morgan fingerprint density at radius 3 is 2.29 bits per heavy atom. The van der Waals surface area contributed by atoms with E-state index in [2.05, 4.69) is 36.7 Å². The highest BCUT2D eigenvalue weighted by atomic mass is 15.2. The van der Waals surface area contributed by atoms with Crippen molar-refractivity contribution in [3.8, 4) is 0 Å². The van der Waals surface area contributed by atoms with Crippen molar-refractivity contribution >= 4 is 5.82 Å². The van der Waals surface area contributed by atoms with Gasteiger partial charge in [0.15, 0.2) is 0 Å². The fraction of sp³-hybridized carbons (Fsp3) is 0.643. The predicted molar refractivity (Wildman–Crippen MR) is 74.4 cm³/mol. The molecule has 0 aromatic carbocycles. The monoisotopic (exact) mass is 235 g/mol. The molecular weight excluding hydrogens is 210 g/mol. The number of pyridine rings is 1. The van der Waals surface area contributed by atoms with Gasteiger partial charge < -0.3 is 10.6 Å². The highest BCUT2D eigenvalue weighted by molar-refractivity contribution is 5.47. The van der Waals surface area contributed by atoms with Gasteiger partial charge in [0.05, 0.1) is 0 Å². The average molecular weight is 235 g/mol. The normalized spacial score (nSPS) is 12.5. The van der Waals surface area contributed by atoms with E-state index in [1.807, 2.05) is 13.1 Å². The summed E-state index contributed by atoms with van der Waals surface area (Å²) in [4.78, 5) is 6.94. The van der Waals surface area contributed by atoms with Crippen LogP contribution in [-0.2, 0) is 0 Å². The van der Waals surface area contributed by atoms with Gasteiger partial charge in [-0.2, -0.15) is 0 Å². The van der Waals surface area contributed by atoms with Gasteiger partial charge >= 0.3 is 0 Å². The first-order valence-corrected chi connectivity index (χ1v) is 6.57. The predicted octanol–water partition coefficient (Wildman–Crippen LogP) is 3.04. The van der Waals surface area contributed by atoms with E-state index in [0.717, 1.165) is 37.3 Å². The molecule has 0 spiro atoms. The molecule has 2 N–H and O–H groups in total. The van der Waals surface area contributed by atoms with Crippen LogP contribution in [0.15, 0.2) is 12.3 Å². The maximum atomic E-state index is 5.87. The molecule has 0 fully saturated rings. The number of aromatic nitrogens is 1. The lowest BCUT2D eigenvalue weighted by Crippen LogP contribution is -2.26. The molecule has 1 rings (SSSR count). The van der Waals surface area contributed by atoms with Gasteiger partial charge in [0.1, 0.15) is 5.82 Å². The van der Waals surface area contributed by atoms with Crippen LogP contribution in [-0.4, -0.2) is 18.1 Å². The largest absolute Gasteiger partial charge is 0.356 e. The summed E-state index contributed by atoms with van der Waals surface area (Å²) >= 11 is 0. The van der Waals surface area contributed by atoms with Gasteiger partial charge in [0.2, 0.25) is 0 Å². The molecule has 0 aliphatic heterocycles. The Kier molecular flexibility index (Phi) is 5.42. The highest BCUT2D eigenvalue weighted by Crippen LogP contribution is 2.20. The van der Waals surface area contributed by atoms with Gasteiger partial charge in [0.25, 0.3) is 0 Å². The van der Waals surface area contributed by atoms with Crippen LogP contribution in [0.3, 0.4) is 0 Å². The molecular formula is C14H25N3. The fourth-order valence-corrected chi connectivity index (χ4v) is 2.03. The van der Waals surface area contributed by atoms with Gasteiger partial charge in [-0.3, -0.25) is 0 Å². The minimum atomic E-state index is 0.0565. The molecule has 0 saturated carbocycles. The summed E-state index contributed by atoms with van der Waals surface area (Å²) in [5.41, 5.74) is 8.21. The topological polar surface area (TPSA) is 42.2 Å². The van der Waals surface area contributed by atoms with Crippen LogP contribution in [0, 0.1) is 6.92 Å². The van der Waals surface area contributed by atoms with Crippen LogP contribution in [0.5, 0.6) is 0 Å². The van der Waals surface area contributed by atoms with E-state index in [0.29, 0.717) is 0 Å². The molecule has 1 unspecified atom stereocenters. The highest BCUT2D eigenvalue weighted by Gasteiger charge is 2.10. The summed E-state index contributed by atoms with van der Waals surface area (Å²) in [6.45, 7) is 10.7. The number of hydrogen-bond acceptors (Lipinski definition) is 3. The summed E-state index contributed by atoms with van der Waals surface area (Å²) in [6.07, 6.45) is 4.21. The van der Waals surface area contributed by atoms with E-state index < -0.39 is 0 Å². The van der Waals surface area contributed by atoms with Crippen LogP contribution in [0.25, 0.3) is 0 Å². The molecule has 3 heteroatoms. The van der Waals surface area contributed by atoms with Crippen molar-refractivity contribution in [2.75, 3.05) is 18.0 Å². The van der Waals surface area contributed by atoms with Crippen LogP contribution in [0.1, 0.15) is 50.8 Å². The first-order valence-electron chi connectivity index (χ1n) is 6.57. The lowest BCUT2D eigenvalue weighted by molar-refractivity contribution is 0.728. The molecule has 0 saturated heterocycles. The van der Waals surface area contributed by atoms with E-state index in [1.54, 1.807) is 0 Å². The number of aryl methyl sites for hydroxylation is 1. The lowest BCUT2D eigenvalue weighted by atomic mass is 10.1. The molecule has 0 amide bonds. The van der Waals surface area contributed by atoms with Crippen molar-refractivity contribution < 1.29 is 0 Å². The fourth-order valence-electron chi connectivity index (χ4n) is 2.03. The second-order valence-corrected chi connectivity index (χ2v) is 4.68. The average Bonchev–Trinajstić information content (AvgIpc) is 2.28. The lowest BCUT2D eigenvalue weighted by Gasteiger charge is -2.24. The maximum Gasteiger partial charge on any atom is 0.131 e. The number of nitrogens with zero attached hydrogens (tertiary/aromatic N) is 2. The SMILES string of the molecule is CCCN(CCC)c1ncc(C(C)N)cc1C. The summed E-state index contributed by atoms with van der Waals surface area (Å²) < 4.78 is 0. The van der Waals surface area contributed by atoms with Gasteiger partial charge in [-0.25, -0.2) is 4.98 Å². The minimum Gasteiger partial charge on any atom is -0.356 e. The quantitative estimate of drug-likeness (QED) is 0.824. The number of nitrogens with two attached hydrogens (primary N) is 1. The smallest absolute Gasteiger partial charge is 0.131 e. The van der Waals surface area contributed by atoms with E-state index >= 15 is 0 Å². The number of anilines is 1. The van der Waals surface area contributed by atoms with Crippen molar-refractivity contribution in [1.82, 2.24) is 4.98 Å². The molecule has 96 valence electrons. The molecule has 0 aliphatic carbocycles. The third kappa shape index (κ3) is 3.70. The second-order valence-electron chi connectivity index (χ2n) is 4.68. The Labute approximate surface area is 105 Å². The summed E-state index contributed by atoms with van der Waals surface area (Å²) in [5, 5.41) is 0. The molecule has 1 aromatic rings. The molecule has 3 nitrogen and oxygen atoms in total. The minimum absolute atomic E-state index is 0.0565. The zero-order valence-electron chi connectivity index (χ0n) is 11.5. The van der Waals surface area contributed by atoms with E-state index in [1.165, 1.54) is 5.56 Å². The van der Waals surface area contributed by atoms with Gasteiger partial charge in [-0.15, -0.1) is 0 Å². The number of rotatable bonds is 6. The van der Waals surface area contributed by atoms with Crippen molar-refractivity contribution in [3.05, 3.63) is 23.4 Å². The second kappa shape index (κ2) is 6.60. The Morgan fingerprint density at radius 1 is 1.29 bits per heavy atom. The van der Waals surface area contributed by atoms with E-state index in [-0.39, 0.29) is 6.04 Å². The maximum absolute atomic E-state index is 5.87. The van der Waals surface area contributed by atoms with Crippen LogP contribution in [0.2, 0.25) is 0 Å². The molecule has 1 heterocycles. The molecule has 0 radical (unpaired) electrons. The van der Waals surface area contributed by atoms with Crippen molar-refractivity contribution in [1.29, 1.82) is 0 Å². The van der Waals surface area contributed by atoms with Crippen molar-refractivity contribution in [2.24, 2.45) is 5.73 Å². The first kappa shape index (κ1) is 14.0. The van der Waals surface area contributed by atoms with Crippen molar-refractivity contribution in [2.45, 2.75) is 46.6 Å². The molecule has 0 aliphatic rings. The third-order valence-electron chi connectivity index (χ3n) is 2.88. The Bertz CT molecular complexity index is 341. The van der Waals surface area contributed by atoms with E-state index in [4.69, 9.17) is 5.73 Å². The van der Waals surface area contributed by atoms with Crippen LogP contribution >= 0.6 is 0 Å². The molecule has 17 heavy (non-hydrogen) atoms. The molecule has 1 aromatic heterocycles. The summed E-state index contributed by atoms with van der Waals surface area (Å²) in [7, 11) is 0. The van der Waals surface area contributed by atoms with Crippen LogP contribution in [0.4, 0.5) is 5.82 Å². The van der Waals surface area contributed by atoms with Gasteiger partial charge in [-0.1, -0.05) is 13.8 Å². The molecule has 0 bridgehead atoms. The van der Waals surface area contributed by atoms with Crippen molar-refractivity contribution in [3.63, 3.8) is 0 Å². The molecule has 1 atom stereocenters. The van der Waals surface area contributed by atoms with E-state index in [9.17, 15) is 0 Å². The first-order chi connectivity index (χ1) is 8.10. The zero-order chi connectivity index (χ0) is 12.8. The Hall–Kier alpha value is -1.09. The third-order valence-corrected chi connectivity index (χ3v) is 2.88.